The summed E-state index contributed by atoms with van der Waals surface area (Å²) in [5, 5.41) is 2.72. The predicted octanol–water partition coefficient (Wildman–Crippen LogP) is 3.52. The molecule has 0 aliphatic carbocycles. The number of benzene rings is 2. The second-order valence-electron chi connectivity index (χ2n) is 4.26. The zero-order valence-corrected chi connectivity index (χ0v) is 10.8. The molecule has 0 atom stereocenters. The number of carbonyl (C=O) groups excluding carboxylic acids is 1. The van der Waals surface area contributed by atoms with Gasteiger partial charge in [-0.25, -0.2) is 4.39 Å². The van der Waals surface area contributed by atoms with Gasteiger partial charge < -0.3 is 5.32 Å². The van der Waals surface area contributed by atoms with E-state index in [9.17, 15) is 9.18 Å². The van der Waals surface area contributed by atoms with Gasteiger partial charge >= 0.3 is 0 Å². The molecular weight excluding hydrogens is 241 g/mol. The van der Waals surface area contributed by atoms with Gasteiger partial charge in [0.05, 0.1) is 0 Å². The highest BCUT2D eigenvalue weighted by Crippen LogP contribution is 2.25. The fraction of sp³-hybridized carbons (Fsp3) is 0.188. The van der Waals surface area contributed by atoms with Crippen LogP contribution in [-0.2, 0) is 11.3 Å². The predicted molar refractivity (Wildman–Crippen MR) is 74.0 cm³/mol. The smallest absolute Gasteiger partial charge is 0.219 e. The van der Waals surface area contributed by atoms with Crippen molar-refractivity contribution < 1.29 is 9.18 Å². The standard InChI is InChI=1S/C16H16FNO/c1-2-16(19)18-11-14-13(9-6-10-15(14)17)12-7-4-3-5-8-12/h3-10H,2,11H2,1H3,(H,18,19). The van der Waals surface area contributed by atoms with Crippen LogP contribution in [0.2, 0.25) is 0 Å². The van der Waals surface area contributed by atoms with Gasteiger partial charge in [-0.3, -0.25) is 4.79 Å². The summed E-state index contributed by atoms with van der Waals surface area (Å²) in [6, 6.07) is 14.6. The third-order valence-electron chi connectivity index (χ3n) is 2.99. The van der Waals surface area contributed by atoms with Gasteiger partial charge in [0.1, 0.15) is 5.82 Å². The monoisotopic (exact) mass is 257 g/mol. The van der Waals surface area contributed by atoms with Crippen LogP contribution in [0.15, 0.2) is 48.5 Å². The molecule has 0 radical (unpaired) electrons. The fourth-order valence-electron chi connectivity index (χ4n) is 1.94. The number of amides is 1. The summed E-state index contributed by atoms with van der Waals surface area (Å²) < 4.78 is 13.9. The minimum atomic E-state index is -0.294. The summed E-state index contributed by atoms with van der Waals surface area (Å²) >= 11 is 0. The lowest BCUT2D eigenvalue weighted by Gasteiger charge is -2.11. The van der Waals surface area contributed by atoms with E-state index in [1.165, 1.54) is 6.07 Å². The Bertz CT molecular complexity index is 566. The molecule has 0 heterocycles. The van der Waals surface area contributed by atoms with Crippen molar-refractivity contribution in [1.82, 2.24) is 5.32 Å². The number of carbonyl (C=O) groups is 1. The van der Waals surface area contributed by atoms with Crippen molar-refractivity contribution in [2.75, 3.05) is 0 Å². The maximum atomic E-state index is 13.9. The van der Waals surface area contributed by atoms with Crippen LogP contribution in [0.25, 0.3) is 11.1 Å². The molecule has 3 heteroatoms. The van der Waals surface area contributed by atoms with Crippen LogP contribution in [-0.4, -0.2) is 5.91 Å². The van der Waals surface area contributed by atoms with Crippen molar-refractivity contribution in [3.63, 3.8) is 0 Å². The Labute approximate surface area is 112 Å². The van der Waals surface area contributed by atoms with Crippen LogP contribution in [0.3, 0.4) is 0 Å². The van der Waals surface area contributed by atoms with Gasteiger partial charge in [-0.05, 0) is 17.2 Å². The van der Waals surface area contributed by atoms with Gasteiger partial charge in [0, 0.05) is 18.5 Å². The average molecular weight is 257 g/mol. The summed E-state index contributed by atoms with van der Waals surface area (Å²) in [5.74, 6) is -0.375. The quantitative estimate of drug-likeness (QED) is 0.892. The molecule has 2 rings (SSSR count). The van der Waals surface area contributed by atoms with Crippen LogP contribution >= 0.6 is 0 Å². The highest BCUT2D eigenvalue weighted by Gasteiger charge is 2.10. The Balaban J connectivity index is 2.34. The first-order valence-electron chi connectivity index (χ1n) is 6.32. The summed E-state index contributed by atoms with van der Waals surface area (Å²) in [7, 11) is 0. The summed E-state index contributed by atoms with van der Waals surface area (Å²) in [5.41, 5.74) is 2.29. The third-order valence-corrected chi connectivity index (χ3v) is 2.99. The Kier molecular flexibility index (Phi) is 4.29. The molecule has 0 unspecified atom stereocenters. The normalized spacial score (nSPS) is 10.2. The van der Waals surface area contributed by atoms with E-state index in [-0.39, 0.29) is 18.3 Å². The summed E-state index contributed by atoms with van der Waals surface area (Å²) in [4.78, 5) is 11.3. The maximum Gasteiger partial charge on any atom is 0.219 e. The third kappa shape index (κ3) is 3.19. The average Bonchev–Trinajstić information content (AvgIpc) is 2.46. The lowest BCUT2D eigenvalue weighted by molar-refractivity contribution is -0.120. The van der Waals surface area contributed by atoms with Gasteiger partial charge in [-0.2, -0.15) is 0 Å². The summed E-state index contributed by atoms with van der Waals surface area (Å²) in [6.07, 6.45) is 0.398. The zero-order chi connectivity index (χ0) is 13.7. The van der Waals surface area contributed by atoms with E-state index >= 15 is 0 Å². The van der Waals surface area contributed by atoms with Crippen LogP contribution < -0.4 is 5.32 Å². The zero-order valence-electron chi connectivity index (χ0n) is 10.8. The Hall–Kier alpha value is -2.16. The molecule has 0 aromatic heterocycles. The minimum absolute atomic E-state index is 0.0812. The molecule has 2 nitrogen and oxygen atoms in total. The van der Waals surface area contributed by atoms with E-state index in [0.717, 1.165) is 11.1 Å². The molecule has 0 bridgehead atoms. The second kappa shape index (κ2) is 6.14. The van der Waals surface area contributed by atoms with Crippen LogP contribution in [0.1, 0.15) is 18.9 Å². The molecule has 0 aliphatic rings. The van der Waals surface area contributed by atoms with Gasteiger partial charge in [0.2, 0.25) is 5.91 Å². The van der Waals surface area contributed by atoms with Crippen molar-refractivity contribution in [3.8, 4) is 11.1 Å². The first-order valence-corrected chi connectivity index (χ1v) is 6.32. The van der Waals surface area contributed by atoms with Crippen molar-refractivity contribution in [3.05, 3.63) is 59.9 Å². The van der Waals surface area contributed by atoms with Gasteiger partial charge in [0.25, 0.3) is 0 Å². The lowest BCUT2D eigenvalue weighted by Crippen LogP contribution is -2.22. The molecule has 98 valence electrons. The SMILES string of the molecule is CCC(=O)NCc1c(F)cccc1-c1ccccc1. The van der Waals surface area contributed by atoms with E-state index in [1.807, 2.05) is 36.4 Å². The van der Waals surface area contributed by atoms with Crippen LogP contribution in [0.5, 0.6) is 0 Å². The Morgan fingerprint density at radius 3 is 2.53 bits per heavy atom. The molecule has 0 saturated carbocycles. The molecule has 2 aromatic carbocycles. The van der Waals surface area contributed by atoms with Gasteiger partial charge in [0.15, 0.2) is 0 Å². The molecule has 0 spiro atoms. The highest BCUT2D eigenvalue weighted by atomic mass is 19.1. The molecule has 0 aliphatic heterocycles. The van der Waals surface area contributed by atoms with Gasteiger partial charge in [-0.15, -0.1) is 0 Å². The molecular formula is C16H16FNO. The molecule has 2 aromatic rings. The molecule has 0 saturated heterocycles. The van der Waals surface area contributed by atoms with Crippen LogP contribution in [0.4, 0.5) is 4.39 Å². The fourth-order valence-corrected chi connectivity index (χ4v) is 1.94. The second-order valence-corrected chi connectivity index (χ2v) is 4.26. The number of hydrogen-bond acceptors (Lipinski definition) is 1. The van der Waals surface area contributed by atoms with Crippen molar-refractivity contribution in [1.29, 1.82) is 0 Å². The number of halogens is 1. The van der Waals surface area contributed by atoms with E-state index in [0.29, 0.717) is 12.0 Å². The number of nitrogens with one attached hydrogen (secondary N) is 1. The van der Waals surface area contributed by atoms with E-state index in [4.69, 9.17) is 0 Å². The van der Waals surface area contributed by atoms with Crippen LogP contribution in [0, 0.1) is 5.82 Å². The van der Waals surface area contributed by atoms with Crippen molar-refractivity contribution in [2.24, 2.45) is 0 Å². The number of rotatable bonds is 4. The molecule has 1 N–H and O–H groups in total. The van der Waals surface area contributed by atoms with E-state index in [2.05, 4.69) is 5.32 Å². The number of hydrogen-bond donors (Lipinski definition) is 1. The highest BCUT2D eigenvalue weighted by molar-refractivity contribution is 5.76. The first kappa shape index (κ1) is 13.3. The topological polar surface area (TPSA) is 29.1 Å². The van der Waals surface area contributed by atoms with E-state index in [1.54, 1.807) is 13.0 Å². The van der Waals surface area contributed by atoms with Crippen molar-refractivity contribution in [2.45, 2.75) is 19.9 Å². The van der Waals surface area contributed by atoms with Gasteiger partial charge in [-0.1, -0.05) is 49.4 Å². The molecule has 0 fully saturated rings. The largest absolute Gasteiger partial charge is 0.352 e. The Morgan fingerprint density at radius 1 is 1.11 bits per heavy atom. The maximum absolute atomic E-state index is 13.9. The lowest BCUT2D eigenvalue weighted by atomic mass is 9.99. The minimum Gasteiger partial charge on any atom is -0.352 e. The molecule has 19 heavy (non-hydrogen) atoms. The molecule has 1 amide bonds. The van der Waals surface area contributed by atoms with Crippen molar-refractivity contribution >= 4 is 5.91 Å². The Morgan fingerprint density at radius 2 is 1.84 bits per heavy atom. The first-order chi connectivity index (χ1) is 9.22. The summed E-state index contributed by atoms with van der Waals surface area (Å²) in [6.45, 7) is 1.98. The van der Waals surface area contributed by atoms with E-state index < -0.39 is 0 Å².